The lowest BCUT2D eigenvalue weighted by molar-refractivity contribution is 0.420. The molecule has 1 heterocycles. The number of hydrogen-bond acceptors (Lipinski definition) is 5. The lowest BCUT2D eigenvalue weighted by atomic mass is 10.1. The molecule has 114 valence electrons. The minimum atomic E-state index is -3.66. The molecule has 2 N–H and O–H groups in total. The minimum absolute atomic E-state index is 0.283. The third-order valence-electron chi connectivity index (χ3n) is 2.99. The summed E-state index contributed by atoms with van der Waals surface area (Å²) in [5.41, 5.74) is 2.62. The number of nitrogens with one attached hydrogen (secondary N) is 2. The van der Waals surface area contributed by atoms with Gasteiger partial charge in [-0.05, 0) is 43.5 Å². The Hall–Kier alpha value is -2.02. The van der Waals surface area contributed by atoms with Gasteiger partial charge in [0, 0.05) is 12.2 Å². The molecule has 0 fully saturated rings. The van der Waals surface area contributed by atoms with Crippen molar-refractivity contribution in [2.45, 2.75) is 32.1 Å². The number of aryl methyl sites for hydroxylation is 2. The van der Waals surface area contributed by atoms with Gasteiger partial charge in [-0.3, -0.25) is 4.72 Å². The molecule has 6 nitrogen and oxygen atoms in total. The van der Waals surface area contributed by atoms with Crippen molar-refractivity contribution in [3.05, 3.63) is 35.7 Å². The molecule has 0 radical (unpaired) electrons. The highest BCUT2D eigenvalue weighted by Gasteiger charge is 2.21. The molecular formula is C14H19N3O3S. The maximum Gasteiger partial charge on any atom is 0.262 e. The van der Waals surface area contributed by atoms with Gasteiger partial charge in [-0.25, -0.2) is 8.42 Å². The molecule has 0 saturated heterocycles. The molecule has 0 aliphatic heterocycles. The average molecular weight is 309 g/mol. The zero-order chi connectivity index (χ0) is 15.5. The summed E-state index contributed by atoms with van der Waals surface area (Å²) in [6.45, 7) is 6.50. The molecule has 0 unspecified atom stereocenters. The quantitative estimate of drug-likeness (QED) is 0.857. The second kappa shape index (κ2) is 6.17. The monoisotopic (exact) mass is 309 g/mol. The van der Waals surface area contributed by atoms with E-state index in [1.807, 2.05) is 12.1 Å². The molecule has 0 atom stereocenters. The Balaban J connectivity index is 2.35. The smallest absolute Gasteiger partial charge is 0.262 e. The number of benzene rings is 1. The number of nitrogens with zero attached hydrogens (tertiary/aromatic N) is 1. The number of aromatic nitrogens is 1. The molecule has 21 heavy (non-hydrogen) atoms. The van der Waals surface area contributed by atoms with Gasteiger partial charge in [-0.15, -0.1) is 0 Å². The van der Waals surface area contributed by atoms with E-state index >= 15 is 0 Å². The Morgan fingerprint density at radius 3 is 2.38 bits per heavy atom. The third-order valence-corrected chi connectivity index (χ3v) is 4.68. The maximum absolute atomic E-state index is 12.5. The van der Waals surface area contributed by atoms with Crippen LogP contribution in [0.5, 0.6) is 0 Å². The Morgan fingerprint density at radius 1 is 1.19 bits per heavy atom. The largest absolute Gasteiger partial charge is 0.385 e. The summed E-state index contributed by atoms with van der Waals surface area (Å²) in [4.78, 5) is 0.283. The van der Waals surface area contributed by atoms with Gasteiger partial charge in [0.1, 0.15) is 12.0 Å². The van der Waals surface area contributed by atoms with E-state index in [1.165, 1.54) is 12.5 Å². The van der Waals surface area contributed by atoms with Gasteiger partial charge in [-0.1, -0.05) is 12.1 Å². The van der Waals surface area contributed by atoms with E-state index in [1.54, 1.807) is 13.8 Å². The molecule has 2 rings (SSSR count). The van der Waals surface area contributed by atoms with Crippen LogP contribution >= 0.6 is 0 Å². The molecule has 0 spiro atoms. The second-order valence-electron chi connectivity index (χ2n) is 4.88. The first kappa shape index (κ1) is 15.4. The molecular weight excluding hydrogens is 290 g/mol. The molecule has 0 aliphatic carbocycles. The van der Waals surface area contributed by atoms with E-state index in [9.17, 15) is 8.42 Å². The van der Waals surface area contributed by atoms with E-state index in [2.05, 4.69) is 26.6 Å². The van der Waals surface area contributed by atoms with Crippen molar-refractivity contribution in [2.75, 3.05) is 16.6 Å². The first-order chi connectivity index (χ1) is 9.94. The third kappa shape index (κ3) is 3.55. The van der Waals surface area contributed by atoms with Crippen LogP contribution in [-0.4, -0.2) is 20.1 Å². The average Bonchev–Trinajstić information content (AvgIpc) is 2.87. The van der Waals surface area contributed by atoms with Gasteiger partial charge in [0.2, 0.25) is 0 Å². The summed E-state index contributed by atoms with van der Waals surface area (Å²) in [7, 11) is -3.66. The summed E-state index contributed by atoms with van der Waals surface area (Å²) in [6.07, 6.45) is 3.58. The van der Waals surface area contributed by atoms with Crippen molar-refractivity contribution in [2.24, 2.45) is 0 Å². The van der Waals surface area contributed by atoms with Crippen molar-refractivity contribution >= 4 is 21.4 Å². The highest BCUT2D eigenvalue weighted by molar-refractivity contribution is 7.92. The van der Waals surface area contributed by atoms with E-state index in [0.29, 0.717) is 16.8 Å². The molecule has 7 heteroatoms. The van der Waals surface area contributed by atoms with E-state index in [-0.39, 0.29) is 4.90 Å². The zero-order valence-corrected chi connectivity index (χ0v) is 13.1. The van der Waals surface area contributed by atoms with Gasteiger partial charge >= 0.3 is 0 Å². The summed E-state index contributed by atoms with van der Waals surface area (Å²) in [5.74, 6) is 0. The highest BCUT2D eigenvalue weighted by Crippen LogP contribution is 2.26. The van der Waals surface area contributed by atoms with Crippen LogP contribution in [0.1, 0.15) is 24.5 Å². The van der Waals surface area contributed by atoms with Crippen LogP contribution in [0.3, 0.4) is 0 Å². The fourth-order valence-electron chi connectivity index (χ4n) is 2.21. The van der Waals surface area contributed by atoms with Crippen molar-refractivity contribution in [1.29, 1.82) is 0 Å². The van der Waals surface area contributed by atoms with Crippen LogP contribution in [0.25, 0.3) is 0 Å². The first-order valence-corrected chi connectivity index (χ1v) is 8.19. The van der Waals surface area contributed by atoms with Gasteiger partial charge in [0.15, 0.2) is 0 Å². The Morgan fingerprint density at radius 2 is 1.86 bits per heavy atom. The SMILES string of the molecule is CCCNc1cc(C)c(S(=O)(=O)Nc2cnoc2)c(C)c1. The normalized spacial score (nSPS) is 11.4. The predicted molar refractivity (Wildman–Crippen MR) is 82.0 cm³/mol. The fourth-order valence-corrected chi connectivity index (χ4v) is 3.69. The van der Waals surface area contributed by atoms with E-state index < -0.39 is 10.0 Å². The van der Waals surface area contributed by atoms with Crippen LogP contribution in [0.2, 0.25) is 0 Å². The summed E-state index contributed by atoms with van der Waals surface area (Å²) in [6, 6.07) is 3.68. The second-order valence-corrected chi connectivity index (χ2v) is 6.50. The predicted octanol–water partition coefficient (Wildman–Crippen LogP) is 2.91. The van der Waals surface area contributed by atoms with Crippen molar-refractivity contribution in [3.63, 3.8) is 0 Å². The number of sulfonamides is 1. The van der Waals surface area contributed by atoms with Gasteiger partial charge in [0.25, 0.3) is 10.0 Å². The lowest BCUT2D eigenvalue weighted by Gasteiger charge is -2.14. The van der Waals surface area contributed by atoms with Crippen LogP contribution < -0.4 is 10.0 Å². The van der Waals surface area contributed by atoms with Crippen LogP contribution in [-0.2, 0) is 10.0 Å². The standard InChI is InChI=1S/C14H19N3O3S/c1-4-5-15-12-6-10(2)14(11(3)7-12)21(18,19)17-13-8-16-20-9-13/h6-9,15,17H,4-5H2,1-3H3. The highest BCUT2D eigenvalue weighted by atomic mass is 32.2. The molecule has 0 saturated carbocycles. The molecule has 0 bridgehead atoms. The van der Waals surface area contributed by atoms with Crippen LogP contribution in [0.15, 0.2) is 34.0 Å². The summed E-state index contributed by atoms with van der Waals surface area (Å²) < 4.78 is 32.0. The molecule has 0 aliphatic rings. The molecule has 1 aromatic carbocycles. The molecule has 0 amide bonds. The van der Waals surface area contributed by atoms with Crippen molar-refractivity contribution < 1.29 is 12.9 Å². The maximum atomic E-state index is 12.5. The summed E-state index contributed by atoms with van der Waals surface area (Å²) in [5, 5.41) is 6.74. The topological polar surface area (TPSA) is 84.2 Å². The Labute approximate surface area is 124 Å². The van der Waals surface area contributed by atoms with Crippen molar-refractivity contribution in [1.82, 2.24) is 5.16 Å². The number of hydrogen-bond donors (Lipinski definition) is 2. The molecule has 1 aromatic heterocycles. The molecule has 2 aromatic rings. The van der Waals surface area contributed by atoms with Gasteiger partial charge in [-0.2, -0.15) is 0 Å². The Bertz CT molecular complexity index is 686. The zero-order valence-electron chi connectivity index (χ0n) is 12.3. The Kier molecular flexibility index (Phi) is 4.52. The van der Waals surface area contributed by atoms with Crippen molar-refractivity contribution in [3.8, 4) is 0 Å². The van der Waals surface area contributed by atoms with Crippen LogP contribution in [0, 0.1) is 13.8 Å². The number of rotatable bonds is 6. The van der Waals surface area contributed by atoms with Gasteiger partial charge in [0.05, 0.1) is 11.1 Å². The van der Waals surface area contributed by atoms with Crippen LogP contribution in [0.4, 0.5) is 11.4 Å². The van der Waals surface area contributed by atoms with E-state index in [4.69, 9.17) is 0 Å². The fraction of sp³-hybridized carbons (Fsp3) is 0.357. The van der Waals surface area contributed by atoms with E-state index in [0.717, 1.165) is 18.7 Å². The van der Waals surface area contributed by atoms with Gasteiger partial charge < -0.3 is 9.84 Å². The summed E-state index contributed by atoms with van der Waals surface area (Å²) >= 11 is 0. The lowest BCUT2D eigenvalue weighted by Crippen LogP contribution is -2.15. The minimum Gasteiger partial charge on any atom is -0.385 e. The number of anilines is 2. The first-order valence-electron chi connectivity index (χ1n) is 6.71.